The molecule has 1 aliphatic rings. The third kappa shape index (κ3) is 8.24. The van der Waals surface area contributed by atoms with Gasteiger partial charge in [0.05, 0.1) is 13.1 Å². The first-order chi connectivity index (χ1) is 17.0. The maximum atomic E-state index is 13.8. The van der Waals surface area contributed by atoms with Crippen molar-refractivity contribution in [1.29, 1.82) is 0 Å². The fourth-order valence-electron chi connectivity index (χ4n) is 4.90. The molecule has 1 aromatic heterocycles. The van der Waals surface area contributed by atoms with Crippen LogP contribution in [0.1, 0.15) is 70.6 Å². The average Bonchev–Trinajstić information content (AvgIpc) is 3.31. The van der Waals surface area contributed by atoms with Crippen molar-refractivity contribution in [3.63, 3.8) is 0 Å². The Morgan fingerprint density at radius 2 is 1.80 bits per heavy atom. The van der Waals surface area contributed by atoms with E-state index in [4.69, 9.17) is 4.74 Å². The van der Waals surface area contributed by atoms with Crippen LogP contribution in [0.4, 0.5) is 0 Å². The number of hydrogen-bond acceptors (Lipinski definition) is 3. The van der Waals surface area contributed by atoms with Gasteiger partial charge in [0, 0.05) is 50.2 Å². The van der Waals surface area contributed by atoms with E-state index in [1.807, 2.05) is 26.8 Å². The van der Waals surface area contributed by atoms with Crippen LogP contribution in [0.2, 0.25) is 0 Å². The number of hydrogen-bond donors (Lipinski definition) is 0. The first-order valence-corrected chi connectivity index (χ1v) is 13.3. The molecule has 1 heterocycles. The molecule has 1 fully saturated rings. The van der Waals surface area contributed by atoms with Gasteiger partial charge in [-0.05, 0) is 43.9 Å². The number of amides is 2. The topological polar surface area (TPSA) is 54.8 Å². The van der Waals surface area contributed by atoms with Crippen molar-refractivity contribution in [1.82, 2.24) is 14.4 Å². The summed E-state index contributed by atoms with van der Waals surface area (Å²) in [5.41, 5.74) is 2.37. The number of carbonyl (C=O) groups excluding carboxylic acids is 2. The summed E-state index contributed by atoms with van der Waals surface area (Å²) >= 11 is 0. The molecule has 35 heavy (non-hydrogen) atoms. The smallest absolute Gasteiger partial charge is 0.242 e. The number of rotatable bonds is 13. The van der Waals surface area contributed by atoms with Gasteiger partial charge in [-0.15, -0.1) is 0 Å². The summed E-state index contributed by atoms with van der Waals surface area (Å²) in [4.78, 5) is 30.5. The van der Waals surface area contributed by atoms with Gasteiger partial charge in [0.1, 0.15) is 0 Å². The van der Waals surface area contributed by atoms with Crippen LogP contribution in [0.5, 0.6) is 0 Å². The quantitative estimate of drug-likeness (QED) is 0.374. The van der Waals surface area contributed by atoms with Crippen LogP contribution >= 0.6 is 0 Å². The molecule has 0 saturated heterocycles. The van der Waals surface area contributed by atoms with E-state index in [0.29, 0.717) is 26.3 Å². The van der Waals surface area contributed by atoms with E-state index in [0.717, 1.165) is 44.3 Å². The molecule has 0 aliphatic heterocycles. The fraction of sp³-hybridized carbons (Fsp3) is 0.586. The Hall–Kier alpha value is -2.60. The van der Waals surface area contributed by atoms with Crippen molar-refractivity contribution in [3.05, 3.63) is 59.9 Å². The van der Waals surface area contributed by atoms with Crippen LogP contribution in [0.25, 0.3) is 0 Å². The predicted molar refractivity (Wildman–Crippen MR) is 140 cm³/mol. The van der Waals surface area contributed by atoms with E-state index in [-0.39, 0.29) is 30.3 Å². The molecule has 0 N–H and O–H groups in total. The van der Waals surface area contributed by atoms with Gasteiger partial charge >= 0.3 is 0 Å². The average molecular weight is 482 g/mol. The SMILES string of the molecule is CCOCCCN(CC(=O)N(Cc1cccn1Cc1ccccc1)C1CCCCC1)C(=O)C(C)C. The molecule has 192 valence electrons. The van der Waals surface area contributed by atoms with Gasteiger partial charge in [-0.1, -0.05) is 63.4 Å². The van der Waals surface area contributed by atoms with Crippen molar-refractivity contribution in [2.24, 2.45) is 5.92 Å². The van der Waals surface area contributed by atoms with Gasteiger partial charge in [-0.3, -0.25) is 9.59 Å². The lowest BCUT2D eigenvalue weighted by molar-refractivity contribution is -0.144. The second-order valence-electron chi connectivity index (χ2n) is 9.89. The van der Waals surface area contributed by atoms with E-state index in [1.54, 1.807) is 4.90 Å². The molecule has 0 spiro atoms. The van der Waals surface area contributed by atoms with Gasteiger partial charge in [0.25, 0.3) is 0 Å². The molecule has 6 heteroatoms. The zero-order valence-electron chi connectivity index (χ0n) is 21.8. The Kier molecular flexibility index (Phi) is 10.9. The molecule has 0 radical (unpaired) electrons. The first-order valence-electron chi connectivity index (χ1n) is 13.3. The second kappa shape index (κ2) is 14.1. The van der Waals surface area contributed by atoms with Crippen molar-refractivity contribution >= 4 is 11.8 Å². The minimum Gasteiger partial charge on any atom is -0.382 e. The van der Waals surface area contributed by atoms with Gasteiger partial charge in [0.2, 0.25) is 11.8 Å². The number of nitrogens with zero attached hydrogens (tertiary/aromatic N) is 3. The van der Waals surface area contributed by atoms with E-state index in [9.17, 15) is 9.59 Å². The maximum absolute atomic E-state index is 13.8. The first kappa shape index (κ1) is 27.0. The molecular formula is C29H43N3O3. The van der Waals surface area contributed by atoms with Crippen LogP contribution in [-0.4, -0.2) is 58.5 Å². The molecule has 2 amide bonds. The van der Waals surface area contributed by atoms with Crippen LogP contribution in [0, 0.1) is 5.92 Å². The third-order valence-electron chi connectivity index (χ3n) is 6.84. The maximum Gasteiger partial charge on any atom is 0.242 e. The predicted octanol–water partition coefficient (Wildman–Crippen LogP) is 5.11. The Morgan fingerprint density at radius 1 is 1.06 bits per heavy atom. The summed E-state index contributed by atoms with van der Waals surface area (Å²) in [5, 5.41) is 0. The molecule has 1 aliphatic carbocycles. The highest BCUT2D eigenvalue weighted by atomic mass is 16.5. The highest BCUT2D eigenvalue weighted by Crippen LogP contribution is 2.25. The summed E-state index contributed by atoms with van der Waals surface area (Å²) in [6.07, 6.45) is 8.45. The number of benzene rings is 1. The monoisotopic (exact) mass is 481 g/mol. The lowest BCUT2D eigenvalue weighted by Crippen LogP contribution is -2.48. The summed E-state index contributed by atoms with van der Waals surface area (Å²) in [6, 6.07) is 14.8. The van der Waals surface area contributed by atoms with Gasteiger partial charge in [0.15, 0.2) is 0 Å². The Bertz CT molecular complexity index is 903. The molecular weight excluding hydrogens is 438 g/mol. The molecule has 0 bridgehead atoms. The lowest BCUT2D eigenvalue weighted by Gasteiger charge is -2.36. The van der Waals surface area contributed by atoms with E-state index in [1.165, 1.54) is 12.0 Å². The minimum atomic E-state index is -0.138. The lowest BCUT2D eigenvalue weighted by atomic mass is 9.94. The number of ether oxygens (including phenoxy) is 1. The van der Waals surface area contributed by atoms with E-state index in [2.05, 4.69) is 52.1 Å². The fourth-order valence-corrected chi connectivity index (χ4v) is 4.90. The van der Waals surface area contributed by atoms with E-state index < -0.39 is 0 Å². The molecule has 1 saturated carbocycles. The molecule has 3 rings (SSSR count). The molecule has 2 aromatic rings. The third-order valence-corrected chi connectivity index (χ3v) is 6.84. The van der Waals surface area contributed by atoms with Crippen LogP contribution in [0.3, 0.4) is 0 Å². The Balaban J connectivity index is 1.75. The van der Waals surface area contributed by atoms with Crippen molar-refractivity contribution in [2.75, 3.05) is 26.3 Å². The standard InChI is InChI=1S/C29H43N3O3/c1-4-35-20-12-19-31(29(34)24(2)3)23-28(33)32(26-15-9-6-10-16-26)22-27-17-11-18-30(27)21-25-13-7-5-8-14-25/h5,7-8,11,13-14,17-18,24,26H,4,6,9-10,12,15-16,19-23H2,1-3H3. The normalized spacial score (nSPS) is 14.3. The Morgan fingerprint density at radius 3 is 2.49 bits per heavy atom. The molecule has 0 atom stereocenters. The number of carbonyl (C=O) groups is 2. The molecule has 1 aromatic carbocycles. The zero-order chi connectivity index (χ0) is 25.0. The largest absolute Gasteiger partial charge is 0.382 e. The van der Waals surface area contributed by atoms with Crippen molar-refractivity contribution in [2.45, 2.75) is 78.4 Å². The highest BCUT2D eigenvalue weighted by Gasteiger charge is 2.29. The van der Waals surface area contributed by atoms with Gasteiger partial charge in [-0.2, -0.15) is 0 Å². The highest BCUT2D eigenvalue weighted by molar-refractivity contribution is 5.85. The van der Waals surface area contributed by atoms with Gasteiger partial charge < -0.3 is 19.1 Å². The molecule has 6 nitrogen and oxygen atoms in total. The summed E-state index contributed by atoms with van der Waals surface area (Å²) < 4.78 is 7.70. The van der Waals surface area contributed by atoms with Crippen LogP contribution in [-0.2, 0) is 27.4 Å². The Labute approximate surface area is 211 Å². The van der Waals surface area contributed by atoms with Crippen molar-refractivity contribution < 1.29 is 14.3 Å². The summed E-state index contributed by atoms with van der Waals surface area (Å²) in [6.45, 7) is 9.08. The molecule has 0 unspecified atom stereocenters. The van der Waals surface area contributed by atoms with Crippen LogP contribution in [0.15, 0.2) is 48.7 Å². The van der Waals surface area contributed by atoms with E-state index >= 15 is 0 Å². The summed E-state index contributed by atoms with van der Waals surface area (Å²) in [7, 11) is 0. The van der Waals surface area contributed by atoms with Crippen molar-refractivity contribution in [3.8, 4) is 0 Å². The van der Waals surface area contributed by atoms with Gasteiger partial charge in [-0.25, -0.2) is 0 Å². The number of aromatic nitrogens is 1. The zero-order valence-corrected chi connectivity index (χ0v) is 21.8. The minimum absolute atomic E-state index is 0.0332. The second-order valence-corrected chi connectivity index (χ2v) is 9.89. The summed E-state index contributed by atoms with van der Waals surface area (Å²) in [5.74, 6) is -0.0539. The van der Waals surface area contributed by atoms with Crippen LogP contribution < -0.4 is 0 Å².